The van der Waals surface area contributed by atoms with Gasteiger partial charge in [0.05, 0.1) is 6.54 Å². The van der Waals surface area contributed by atoms with Crippen LogP contribution in [0.2, 0.25) is 0 Å². The molecule has 0 saturated heterocycles. The van der Waals surface area contributed by atoms with Crippen LogP contribution in [0.5, 0.6) is 0 Å². The van der Waals surface area contributed by atoms with Crippen LogP contribution in [0.3, 0.4) is 0 Å². The van der Waals surface area contributed by atoms with Crippen LogP contribution < -0.4 is 0 Å². The van der Waals surface area contributed by atoms with E-state index in [1.807, 2.05) is 12.3 Å². The molecule has 0 spiro atoms. The van der Waals surface area contributed by atoms with Crippen molar-refractivity contribution < 1.29 is 0 Å². The van der Waals surface area contributed by atoms with Crippen molar-refractivity contribution in [2.75, 3.05) is 7.05 Å². The SMILES string of the molecule is C[N-]c1ccc2c(c1)CN=C2. The first kappa shape index (κ1) is 6.40. The van der Waals surface area contributed by atoms with Gasteiger partial charge in [0, 0.05) is 6.21 Å². The molecule has 0 amide bonds. The molecule has 1 aromatic carbocycles. The van der Waals surface area contributed by atoms with Gasteiger partial charge in [0.1, 0.15) is 0 Å². The third-order valence-electron chi connectivity index (χ3n) is 1.88. The van der Waals surface area contributed by atoms with Crippen molar-refractivity contribution in [1.29, 1.82) is 0 Å². The van der Waals surface area contributed by atoms with Crippen molar-refractivity contribution >= 4 is 11.9 Å². The van der Waals surface area contributed by atoms with E-state index in [9.17, 15) is 0 Å². The monoisotopic (exact) mass is 145 g/mol. The second kappa shape index (κ2) is 2.38. The highest BCUT2D eigenvalue weighted by atomic mass is 14.8. The van der Waals surface area contributed by atoms with Gasteiger partial charge in [-0.1, -0.05) is 18.2 Å². The van der Waals surface area contributed by atoms with E-state index in [0.29, 0.717) is 0 Å². The summed E-state index contributed by atoms with van der Waals surface area (Å²) in [6.07, 6.45) is 1.91. The Bertz CT molecular complexity index is 302. The molecule has 0 radical (unpaired) electrons. The van der Waals surface area contributed by atoms with Crippen LogP contribution in [0.15, 0.2) is 23.2 Å². The maximum absolute atomic E-state index is 4.16. The lowest BCUT2D eigenvalue weighted by atomic mass is 10.1. The van der Waals surface area contributed by atoms with Crippen LogP contribution in [0.25, 0.3) is 5.32 Å². The zero-order valence-electron chi connectivity index (χ0n) is 6.41. The zero-order chi connectivity index (χ0) is 7.68. The van der Waals surface area contributed by atoms with E-state index < -0.39 is 0 Å². The minimum absolute atomic E-state index is 0.818. The van der Waals surface area contributed by atoms with E-state index in [2.05, 4.69) is 22.4 Å². The second-order valence-electron chi connectivity index (χ2n) is 2.58. The lowest BCUT2D eigenvalue weighted by Gasteiger charge is -2.14. The largest absolute Gasteiger partial charge is 0.687 e. The molecule has 0 unspecified atom stereocenters. The van der Waals surface area contributed by atoms with Crippen molar-refractivity contribution in [3.05, 3.63) is 34.6 Å². The van der Waals surface area contributed by atoms with E-state index in [-0.39, 0.29) is 0 Å². The average Bonchev–Trinajstić information content (AvgIpc) is 2.50. The lowest BCUT2D eigenvalue weighted by Crippen LogP contribution is -1.81. The topological polar surface area (TPSA) is 26.5 Å². The lowest BCUT2D eigenvalue weighted by molar-refractivity contribution is 1.11. The van der Waals surface area contributed by atoms with E-state index in [0.717, 1.165) is 12.2 Å². The van der Waals surface area contributed by atoms with Crippen LogP contribution in [0, 0.1) is 0 Å². The van der Waals surface area contributed by atoms with Gasteiger partial charge in [0.15, 0.2) is 0 Å². The summed E-state index contributed by atoms with van der Waals surface area (Å²) in [7, 11) is 1.80. The van der Waals surface area contributed by atoms with Crippen molar-refractivity contribution in [3.63, 3.8) is 0 Å². The standard InChI is InChI=1S/C9H9N2/c1-10-9-3-2-7-5-11-6-8(7)4-9/h2-5H,6H2,1H3/q-1. The van der Waals surface area contributed by atoms with Crippen LogP contribution in [-0.4, -0.2) is 13.3 Å². The van der Waals surface area contributed by atoms with Gasteiger partial charge in [-0.25, -0.2) is 0 Å². The number of hydrogen-bond acceptors (Lipinski definition) is 1. The second-order valence-corrected chi connectivity index (χ2v) is 2.58. The molecule has 2 nitrogen and oxygen atoms in total. The normalized spacial score (nSPS) is 13.2. The average molecular weight is 145 g/mol. The number of rotatable bonds is 1. The molecule has 0 bridgehead atoms. The summed E-state index contributed by atoms with van der Waals surface area (Å²) in [6, 6.07) is 6.16. The highest BCUT2D eigenvalue weighted by molar-refractivity contribution is 5.85. The fourth-order valence-electron chi connectivity index (χ4n) is 1.24. The van der Waals surface area contributed by atoms with Gasteiger partial charge in [0.25, 0.3) is 0 Å². The number of aliphatic imine (C=N–C) groups is 1. The number of hydrogen-bond donors (Lipinski definition) is 0. The summed E-state index contributed by atoms with van der Waals surface area (Å²) in [5.74, 6) is 0. The minimum atomic E-state index is 0.818. The smallest absolute Gasteiger partial charge is 0.0645 e. The Morgan fingerprint density at radius 3 is 3.18 bits per heavy atom. The van der Waals surface area contributed by atoms with Gasteiger partial charge in [-0.05, 0) is 11.1 Å². The molecule has 2 heteroatoms. The summed E-state index contributed by atoms with van der Waals surface area (Å²) in [5, 5.41) is 4.09. The van der Waals surface area contributed by atoms with E-state index in [1.54, 1.807) is 7.05 Å². The Hall–Kier alpha value is -1.31. The summed E-state index contributed by atoms with van der Waals surface area (Å²) in [4.78, 5) is 4.16. The zero-order valence-corrected chi connectivity index (χ0v) is 6.41. The molecule has 1 aromatic rings. The third-order valence-corrected chi connectivity index (χ3v) is 1.88. The van der Waals surface area contributed by atoms with Crippen molar-refractivity contribution in [3.8, 4) is 0 Å². The fraction of sp³-hybridized carbons (Fsp3) is 0.222. The van der Waals surface area contributed by atoms with Crippen molar-refractivity contribution in [1.82, 2.24) is 0 Å². The maximum atomic E-state index is 4.16. The first-order chi connectivity index (χ1) is 5.40. The molecule has 2 rings (SSSR count). The van der Waals surface area contributed by atoms with E-state index >= 15 is 0 Å². The molecule has 1 aliphatic rings. The Morgan fingerprint density at radius 1 is 1.45 bits per heavy atom. The number of nitrogens with zero attached hydrogens (tertiary/aromatic N) is 2. The van der Waals surface area contributed by atoms with Crippen LogP contribution in [0.1, 0.15) is 11.1 Å². The molecular weight excluding hydrogens is 136 g/mol. The first-order valence-corrected chi connectivity index (χ1v) is 3.63. The Labute approximate surface area is 66.0 Å². The summed E-state index contributed by atoms with van der Waals surface area (Å²) < 4.78 is 0. The Kier molecular flexibility index (Phi) is 1.39. The summed E-state index contributed by atoms with van der Waals surface area (Å²) in [6.45, 7) is 0.818. The van der Waals surface area contributed by atoms with E-state index in [4.69, 9.17) is 0 Å². The van der Waals surface area contributed by atoms with Gasteiger partial charge in [-0.3, -0.25) is 4.99 Å². The fourth-order valence-corrected chi connectivity index (χ4v) is 1.24. The molecular formula is C9H9N2-. The number of fused-ring (bicyclic) bond motifs is 1. The molecule has 0 N–H and O–H groups in total. The number of benzene rings is 1. The third kappa shape index (κ3) is 1.00. The van der Waals surface area contributed by atoms with Gasteiger partial charge >= 0.3 is 0 Å². The van der Waals surface area contributed by atoms with Crippen LogP contribution in [-0.2, 0) is 6.54 Å². The summed E-state index contributed by atoms with van der Waals surface area (Å²) >= 11 is 0. The van der Waals surface area contributed by atoms with Gasteiger partial charge in [-0.2, -0.15) is 0 Å². The molecule has 0 aliphatic carbocycles. The van der Waals surface area contributed by atoms with Crippen LogP contribution >= 0.6 is 0 Å². The first-order valence-electron chi connectivity index (χ1n) is 3.63. The van der Waals surface area contributed by atoms with Gasteiger partial charge in [0.2, 0.25) is 0 Å². The van der Waals surface area contributed by atoms with Gasteiger partial charge in [-0.15, -0.1) is 12.7 Å². The van der Waals surface area contributed by atoms with E-state index in [1.165, 1.54) is 11.1 Å². The van der Waals surface area contributed by atoms with Gasteiger partial charge < -0.3 is 5.32 Å². The van der Waals surface area contributed by atoms with Crippen LogP contribution in [0.4, 0.5) is 5.69 Å². The molecule has 11 heavy (non-hydrogen) atoms. The molecule has 0 saturated carbocycles. The Morgan fingerprint density at radius 2 is 2.36 bits per heavy atom. The Balaban J connectivity index is 2.45. The molecule has 0 atom stereocenters. The molecule has 0 aromatic heterocycles. The maximum Gasteiger partial charge on any atom is 0.0645 e. The molecule has 0 fully saturated rings. The highest BCUT2D eigenvalue weighted by Crippen LogP contribution is 2.22. The molecule has 1 aliphatic heterocycles. The van der Waals surface area contributed by atoms with Crippen molar-refractivity contribution in [2.24, 2.45) is 4.99 Å². The van der Waals surface area contributed by atoms with Crippen molar-refractivity contribution in [2.45, 2.75) is 6.54 Å². The highest BCUT2D eigenvalue weighted by Gasteiger charge is 2.02. The predicted octanol–water partition coefficient (Wildman–Crippen LogP) is 2.25. The quantitative estimate of drug-likeness (QED) is 0.579. The molecule has 56 valence electrons. The minimum Gasteiger partial charge on any atom is -0.687 e. The molecule has 1 heterocycles. The predicted molar refractivity (Wildman–Crippen MR) is 46.7 cm³/mol. The summed E-state index contributed by atoms with van der Waals surface area (Å²) in [5.41, 5.74) is 3.56.